The lowest BCUT2D eigenvalue weighted by Gasteiger charge is -2.15. The summed E-state index contributed by atoms with van der Waals surface area (Å²) < 4.78 is 0. The van der Waals surface area contributed by atoms with E-state index >= 15 is 0 Å². The van der Waals surface area contributed by atoms with Crippen LogP contribution in [0.4, 0.5) is 0 Å². The highest BCUT2D eigenvalue weighted by Crippen LogP contribution is 2.13. The standard InChI is InChI=1S/C20H28N4OS/c1-16(13-18-9-6-12-26-18)14-23-20(21-2)24-15-19(25)22-11-10-17-7-4-3-5-8-17/h3-9,12,16H,10-11,13-15H2,1-2H3,(H,22,25)(H2,21,23,24). The second-order valence-electron chi connectivity index (χ2n) is 6.28. The maximum Gasteiger partial charge on any atom is 0.239 e. The fourth-order valence-electron chi connectivity index (χ4n) is 2.55. The van der Waals surface area contributed by atoms with Crippen molar-refractivity contribution in [3.8, 4) is 0 Å². The molecule has 1 atom stereocenters. The summed E-state index contributed by atoms with van der Waals surface area (Å²) in [6, 6.07) is 14.4. The Morgan fingerprint density at radius 3 is 2.62 bits per heavy atom. The molecule has 0 fully saturated rings. The van der Waals surface area contributed by atoms with E-state index in [-0.39, 0.29) is 12.5 Å². The predicted octanol–water partition coefficient (Wildman–Crippen LogP) is 2.45. The van der Waals surface area contributed by atoms with Gasteiger partial charge in [-0.3, -0.25) is 9.79 Å². The molecule has 1 aromatic heterocycles. The number of amides is 1. The molecular formula is C20H28N4OS. The minimum absolute atomic E-state index is 0.0319. The molecule has 2 rings (SSSR count). The molecule has 0 aliphatic heterocycles. The second kappa shape index (κ2) is 11.3. The van der Waals surface area contributed by atoms with E-state index in [1.807, 2.05) is 18.2 Å². The Bertz CT molecular complexity index is 670. The summed E-state index contributed by atoms with van der Waals surface area (Å²) in [7, 11) is 1.71. The maximum atomic E-state index is 11.9. The van der Waals surface area contributed by atoms with Crippen LogP contribution in [0.5, 0.6) is 0 Å². The summed E-state index contributed by atoms with van der Waals surface area (Å²) in [5.74, 6) is 1.11. The summed E-state index contributed by atoms with van der Waals surface area (Å²) in [6.45, 7) is 3.87. The lowest BCUT2D eigenvalue weighted by atomic mass is 10.1. The van der Waals surface area contributed by atoms with E-state index in [4.69, 9.17) is 0 Å². The van der Waals surface area contributed by atoms with Crippen molar-refractivity contribution in [1.82, 2.24) is 16.0 Å². The van der Waals surface area contributed by atoms with E-state index in [0.717, 1.165) is 19.4 Å². The van der Waals surface area contributed by atoms with E-state index in [9.17, 15) is 4.79 Å². The molecule has 0 saturated carbocycles. The molecule has 1 unspecified atom stereocenters. The Morgan fingerprint density at radius 1 is 1.12 bits per heavy atom. The fraction of sp³-hybridized carbons (Fsp3) is 0.400. The number of hydrogen-bond donors (Lipinski definition) is 3. The van der Waals surface area contributed by atoms with Gasteiger partial charge in [0.2, 0.25) is 5.91 Å². The lowest BCUT2D eigenvalue weighted by Crippen LogP contribution is -2.44. The molecular weight excluding hydrogens is 344 g/mol. The molecule has 0 aliphatic carbocycles. The minimum Gasteiger partial charge on any atom is -0.356 e. The van der Waals surface area contributed by atoms with Gasteiger partial charge in [0, 0.05) is 25.0 Å². The summed E-state index contributed by atoms with van der Waals surface area (Å²) in [4.78, 5) is 17.5. The fourth-order valence-corrected chi connectivity index (χ4v) is 3.42. The Morgan fingerprint density at radius 2 is 1.92 bits per heavy atom. The van der Waals surface area contributed by atoms with Crippen molar-refractivity contribution in [2.45, 2.75) is 19.8 Å². The largest absolute Gasteiger partial charge is 0.356 e. The molecule has 3 N–H and O–H groups in total. The van der Waals surface area contributed by atoms with Gasteiger partial charge in [-0.05, 0) is 35.8 Å². The van der Waals surface area contributed by atoms with Crippen LogP contribution in [-0.4, -0.2) is 38.5 Å². The molecule has 0 aliphatic rings. The van der Waals surface area contributed by atoms with Crippen molar-refractivity contribution in [3.05, 3.63) is 58.3 Å². The number of nitrogens with zero attached hydrogens (tertiary/aromatic N) is 1. The zero-order valence-electron chi connectivity index (χ0n) is 15.5. The smallest absolute Gasteiger partial charge is 0.239 e. The van der Waals surface area contributed by atoms with Gasteiger partial charge < -0.3 is 16.0 Å². The zero-order chi connectivity index (χ0) is 18.6. The van der Waals surface area contributed by atoms with E-state index in [1.165, 1.54) is 10.4 Å². The van der Waals surface area contributed by atoms with Crippen LogP contribution in [0.15, 0.2) is 52.8 Å². The molecule has 0 radical (unpaired) electrons. The summed E-state index contributed by atoms with van der Waals surface area (Å²) in [5.41, 5.74) is 1.22. The molecule has 6 heteroatoms. The topological polar surface area (TPSA) is 65.5 Å². The Hall–Kier alpha value is -2.34. The molecule has 1 aromatic carbocycles. The zero-order valence-corrected chi connectivity index (χ0v) is 16.3. The Kier molecular flexibility index (Phi) is 8.69. The summed E-state index contributed by atoms with van der Waals surface area (Å²) in [6.07, 6.45) is 1.88. The molecule has 140 valence electrons. The van der Waals surface area contributed by atoms with Crippen molar-refractivity contribution >= 4 is 23.2 Å². The van der Waals surface area contributed by atoms with Gasteiger partial charge in [-0.1, -0.05) is 43.3 Å². The van der Waals surface area contributed by atoms with Crippen LogP contribution in [-0.2, 0) is 17.6 Å². The SMILES string of the molecule is CN=C(NCC(=O)NCCc1ccccc1)NCC(C)Cc1cccs1. The van der Waals surface area contributed by atoms with Gasteiger partial charge in [0.05, 0.1) is 6.54 Å². The van der Waals surface area contributed by atoms with Gasteiger partial charge in [0.1, 0.15) is 0 Å². The van der Waals surface area contributed by atoms with Gasteiger partial charge in [-0.2, -0.15) is 0 Å². The summed E-state index contributed by atoms with van der Waals surface area (Å²) in [5, 5.41) is 11.4. The van der Waals surface area contributed by atoms with Crippen molar-refractivity contribution in [3.63, 3.8) is 0 Å². The maximum absolute atomic E-state index is 11.9. The number of carbonyl (C=O) groups is 1. The average molecular weight is 373 g/mol. The number of rotatable bonds is 9. The first-order chi connectivity index (χ1) is 12.7. The highest BCUT2D eigenvalue weighted by molar-refractivity contribution is 7.09. The second-order valence-corrected chi connectivity index (χ2v) is 7.31. The predicted molar refractivity (Wildman–Crippen MR) is 110 cm³/mol. The van der Waals surface area contributed by atoms with E-state index in [2.05, 4.69) is 57.5 Å². The number of thiophene rings is 1. The van der Waals surface area contributed by atoms with Crippen LogP contribution in [0, 0.1) is 5.92 Å². The van der Waals surface area contributed by atoms with E-state index < -0.39 is 0 Å². The monoisotopic (exact) mass is 372 g/mol. The van der Waals surface area contributed by atoms with Crippen LogP contribution in [0.2, 0.25) is 0 Å². The normalized spacial score (nSPS) is 12.5. The van der Waals surface area contributed by atoms with Gasteiger partial charge in [-0.15, -0.1) is 11.3 Å². The van der Waals surface area contributed by atoms with Gasteiger partial charge in [0.15, 0.2) is 5.96 Å². The first kappa shape index (κ1) is 20.0. The molecule has 26 heavy (non-hydrogen) atoms. The molecule has 0 bridgehead atoms. The molecule has 1 amide bonds. The Labute approximate surface area is 159 Å². The van der Waals surface area contributed by atoms with Gasteiger partial charge in [0.25, 0.3) is 0 Å². The molecule has 0 saturated heterocycles. The highest BCUT2D eigenvalue weighted by atomic mass is 32.1. The number of nitrogens with one attached hydrogen (secondary N) is 3. The van der Waals surface area contributed by atoms with Crippen LogP contribution in [0.1, 0.15) is 17.4 Å². The van der Waals surface area contributed by atoms with Crippen molar-refractivity contribution in [2.24, 2.45) is 10.9 Å². The first-order valence-corrected chi connectivity index (χ1v) is 9.83. The van der Waals surface area contributed by atoms with Crippen LogP contribution in [0.3, 0.4) is 0 Å². The van der Waals surface area contributed by atoms with Crippen molar-refractivity contribution in [1.29, 1.82) is 0 Å². The first-order valence-electron chi connectivity index (χ1n) is 8.95. The summed E-state index contributed by atoms with van der Waals surface area (Å²) >= 11 is 1.78. The van der Waals surface area contributed by atoms with E-state index in [1.54, 1.807) is 18.4 Å². The molecule has 0 spiro atoms. The number of carbonyl (C=O) groups excluding carboxylic acids is 1. The number of hydrogen-bond acceptors (Lipinski definition) is 3. The molecule has 2 aromatic rings. The van der Waals surface area contributed by atoms with Crippen LogP contribution < -0.4 is 16.0 Å². The third-order valence-corrected chi connectivity index (χ3v) is 4.87. The highest BCUT2D eigenvalue weighted by Gasteiger charge is 2.07. The third-order valence-electron chi connectivity index (χ3n) is 3.97. The van der Waals surface area contributed by atoms with Crippen LogP contribution in [0.25, 0.3) is 0 Å². The third kappa shape index (κ3) is 7.70. The molecule has 1 heterocycles. The van der Waals surface area contributed by atoms with E-state index in [0.29, 0.717) is 18.4 Å². The average Bonchev–Trinajstić information content (AvgIpc) is 3.15. The Balaban J connectivity index is 1.60. The van der Waals surface area contributed by atoms with Crippen LogP contribution >= 0.6 is 11.3 Å². The number of benzene rings is 1. The minimum atomic E-state index is -0.0319. The van der Waals surface area contributed by atoms with Crippen molar-refractivity contribution in [2.75, 3.05) is 26.7 Å². The van der Waals surface area contributed by atoms with Gasteiger partial charge >= 0.3 is 0 Å². The number of aliphatic imine (C=N–C) groups is 1. The van der Waals surface area contributed by atoms with Crippen molar-refractivity contribution < 1.29 is 4.79 Å². The quantitative estimate of drug-likeness (QED) is 0.468. The van der Waals surface area contributed by atoms with Gasteiger partial charge in [-0.25, -0.2) is 0 Å². The number of guanidine groups is 1. The molecule has 5 nitrogen and oxygen atoms in total. The lowest BCUT2D eigenvalue weighted by molar-refractivity contribution is -0.119.